The van der Waals surface area contributed by atoms with Crippen LogP contribution in [-0.2, 0) is 14.3 Å². The Bertz CT molecular complexity index is 538. The van der Waals surface area contributed by atoms with Crippen molar-refractivity contribution < 1.29 is 14.3 Å². The summed E-state index contributed by atoms with van der Waals surface area (Å²) < 4.78 is 5.07. The average Bonchev–Trinajstić information content (AvgIpc) is 2.56. The van der Waals surface area contributed by atoms with Crippen molar-refractivity contribution in [2.75, 3.05) is 36.5 Å². The van der Waals surface area contributed by atoms with Crippen LogP contribution in [0.2, 0.25) is 0 Å². The maximum absolute atomic E-state index is 12.1. The standard InChI is InChI=1S/C16H21N3O3/c20-15-11-22-10-14(18-15)16(21)17-12-4-6-13(7-5-12)19-8-2-1-3-9-19/h4-7,14H,1-3,8-11H2,(H,17,21)(H,18,20). The quantitative estimate of drug-likeness (QED) is 0.878. The molecule has 2 amide bonds. The third-order valence-electron chi connectivity index (χ3n) is 4.03. The molecule has 0 aromatic heterocycles. The first-order valence-electron chi connectivity index (χ1n) is 7.75. The second kappa shape index (κ2) is 6.79. The first-order chi connectivity index (χ1) is 10.7. The van der Waals surface area contributed by atoms with Gasteiger partial charge < -0.3 is 20.3 Å². The van der Waals surface area contributed by atoms with Gasteiger partial charge in [-0.25, -0.2) is 0 Å². The highest BCUT2D eigenvalue weighted by Gasteiger charge is 2.25. The normalized spacial score (nSPS) is 22.1. The number of carbonyl (C=O) groups excluding carboxylic acids is 2. The van der Waals surface area contributed by atoms with Gasteiger partial charge in [0.25, 0.3) is 0 Å². The third kappa shape index (κ3) is 3.57. The molecule has 22 heavy (non-hydrogen) atoms. The monoisotopic (exact) mass is 303 g/mol. The number of amides is 2. The van der Waals surface area contributed by atoms with Crippen molar-refractivity contribution in [3.63, 3.8) is 0 Å². The van der Waals surface area contributed by atoms with E-state index < -0.39 is 6.04 Å². The molecule has 0 radical (unpaired) electrons. The zero-order valence-electron chi connectivity index (χ0n) is 12.5. The molecule has 2 N–H and O–H groups in total. The Hall–Kier alpha value is -2.08. The summed E-state index contributed by atoms with van der Waals surface area (Å²) in [6.07, 6.45) is 3.78. The summed E-state index contributed by atoms with van der Waals surface area (Å²) in [6, 6.07) is 7.22. The van der Waals surface area contributed by atoms with E-state index in [9.17, 15) is 9.59 Å². The number of anilines is 2. The van der Waals surface area contributed by atoms with Crippen LogP contribution in [0.3, 0.4) is 0 Å². The van der Waals surface area contributed by atoms with Gasteiger partial charge in [-0.3, -0.25) is 9.59 Å². The Balaban J connectivity index is 1.58. The lowest BCUT2D eigenvalue weighted by molar-refractivity contribution is -0.136. The lowest BCUT2D eigenvalue weighted by atomic mass is 10.1. The van der Waals surface area contributed by atoms with E-state index in [1.54, 1.807) is 0 Å². The molecule has 1 aromatic rings. The molecular formula is C16H21N3O3. The second-order valence-corrected chi connectivity index (χ2v) is 5.72. The summed E-state index contributed by atoms with van der Waals surface area (Å²) in [6.45, 7) is 2.42. The van der Waals surface area contributed by atoms with Crippen LogP contribution in [0.25, 0.3) is 0 Å². The summed E-state index contributed by atoms with van der Waals surface area (Å²) in [5.41, 5.74) is 1.91. The van der Waals surface area contributed by atoms with Gasteiger partial charge in [-0.05, 0) is 43.5 Å². The van der Waals surface area contributed by atoms with Crippen LogP contribution in [0.4, 0.5) is 11.4 Å². The first kappa shape index (κ1) is 14.8. The molecule has 1 atom stereocenters. The maximum atomic E-state index is 12.1. The number of hydrogen-bond donors (Lipinski definition) is 2. The molecule has 1 aromatic carbocycles. The molecule has 2 aliphatic rings. The van der Waals surface area contributed by atoms with Gasteiger partial charge in [0, 0.05) is 24.5 Å². The minimum Gasteiger partial charge on any atom is -0.372 e. The topological polar surface area (TPSA) is 70.7 Å². The second-order valence-electron chi connectivity index (χ2n) is 5.72. The first-order valence-corrected chi connectivity index (χ1v) is 7.75. The van der Waals surface area contributed by atoms with Crippen molar-refractivity contribution in [3.8, 4) is 0 Å². The zero-order chi connectivity index (χ0) is 15.4. The largest absolute Gasteiger partial charge is 0.372 e. The van der Waals surface area contributed by atoms with E-state index in [1.807, 2.05) is 24.3 Å². The van der Waals surface area contributed by atoms with Crippen molar-refractivity contribution in [1.29, 1.82) is 0 Å². The highest BCUT2D eigenvalue weighted by molar-refractivity contribution is 5.98. The highest BCUT2D eigenvalue weighted by atomic mass is 16.5. The lowest BCUT2D eigenvalue weighted by Crippen LogP contribution is -2.51. The fourth-order valence-electron chi connectivity index (χ4n) is 2.83. The molecule has 0 bridgehead atoms. The van der Waals surface area contributed by atoms with Crippen molar-refractivity contribution >= 4 is 23.2 Å². The van der Waals surface area contributed by atoms with Crippen molar-refractivity contribution in [2.24, 2.45) is 0 Å². The molecule has 2 aliphatic heterocycles. The number of nitrogens with zero attached hydrogens (tertiary/aromatic N) is 1. The predicted molar refractivity (Wildman–Crippen MR) is 83.9 cm³/mol. The zero-order valence-corrected chi connectivity index (χ0v) is 12.5. The molecule has 118 valence electrons. The Labute approximate surface area is 129 Å². The van der Waals surface area contributed by atoms with Crippen LogP contribution in [0, 0.1) is 0 Å². The molecule has 2 fully saturated rings. The van der Waals surface area contributed by atoms with E-state index in [0.717, 1.165) is 18.8 Å². The average molecular weight is 303 g/mol. The summed E-state index contributed by atoms with van der Waals surface area (Å²) in [5.74, 6) is -0.509. The lowest BCUT2D eigenvalue weighted by Gasteiger charge is -2.29. The Morgan fingerprint density at radius 2 is 1.91 bits per heavy atom. The summed E-state index contributed by atoms with van der Waals surface area (Å²) in [5, 5.41) is 5.43. The maximum Gasteiger partial charge on any atom is 0.249 e. The van der Waals surface area contributed by atoms with Crippen LogP contribution < -0.4 is 15.5 Å². The molecule has 0 saturated carbocycles. The van der Waals surface area contributed by atoms with Gasteiger partial charge in [-0.2, -0.15) is 0 Å². The van der Waals surface area contributed by atoms with Crippen LogP contribution >= 0.6 is 0 Å². The molecule has 0 aliphatic carbocycles. The van der Waals surface area contributed by atoms with Crippen LogP contribution in [-0.4, -0.2) is 44.2 Å². The summed E-state index contributed by atoms with van der Waals surface area (Å²) >= 11 is 0. The number of ether oxygens (including phenoxy) is 1. The minimum absolute atomic E-state index is 0.0221. The molecule has 2 saturated heterocycles. The van der Waals surface area contributed by atoms with Crippen molar-refractivity contribution in [3.05, 3.63) is 24.3 Å². The smallest absolute Gasteiger partial charge is 0.249 e. The number of morpholine rings is 1. The van der Waals surface area contributed by atoms with Crippen LogP contribution in [0.15, 0.2) is 24.3 Å². The number of nitrogens with one attached hydrogen (secondary N) is 2. The molecule has 6 heteroatoms. The SMILES string of the molecule is O=C1COCC(C(=O)Nc2ccc(N3CCCCC3)cc2)N1. The van der Waals surface area contributed by atoms with Gasteiger partial charge in [-0.1, -0.05) is 0 Å². The highest BCUT2D eigenvalue weighted by Crippen LogP contribution is 2.21. The van der Waals surface area contributed by atoms with Crippen molar-refractivity contribution in [2.45, 2.75) is 25.3 Å². The van der Waals surface area contributed by atoms with E-state index in [1.165, 1.54) is 24.9 Å². The predicted octanol–water partition coefficient (Wildman–Crippen LogP) is 1.13. The molecule has 2 heterocycles. The number of benzene rings is 1. The van der Waals surface area contributed by atoms with Gasteiger partial charge in [0.1, 0.15) is 12.6 Å². The molecule has 3 rings (SSSR count). The van der Waals surface area contributed by atoms with Gasteiger partial charge >= 0.3 is 0 Å². The van der Waals surface area contributed by atoms with Gasteiger partial charge in [0.15, 0.2) is 0 Å². The number of hydrogen-bond acceptors (Lipinski definition) is 4. The van der Waals surface area contributed by atoms with Crippen LogP contribution in [0.1, 0.15) is 19.3 Å². The van der Waals surface area contributed by atoms with E-state index in [2.05, 4.69) is 15.5 Å². The van der Waals surface area contributed by atoms with Crippen LogP contribution in [0.5, 0.6) is 0 Å². The molecular weight excluding hydrogens is 282 g/mol. The van der Waals surface area contributed by atoms with E-state index >= 15 is 0 Å². The Kier molecular flexibility index (Phi) is 4.58. The fraction of sp³-hybridized carbons (Fsp3) is 0.500. The summed E-state index contributed by atoms with van der Waals surface area (Å²) in [7, 11) is 0. The Morgan fingerprint density at radius 1 is 1.18 bits per heavy atom. The van der Waals surface area contributed by atoms with E-state index in [4.69, 9.17) is 4.74 Å². The van der Waals surface area contributed by atoms with Crippen molar-refractivity contribution in [1.82, 2.24) is 5.32 Å². The number of rotatable bonds is 3. The fourth-order valence-corrected chi connectivity index (χ4v) is 2.83. The van der Waals surface area contributed by atoms with E-state index in [-0.39, 0.29) is 25.0 Å². The van der Waals surface area contributed by atoms with Gasteiger partial charge in [0.05, 0.1) is 6.61 Å². The van der Waals surface area contributed by atoms with E-state index in [0.29, 0.717) is 0 Å². The van der Waals surface area contributed by atoms with Gasteiger partial charge in [0.2, 0.25) is 11.8 Å². The van der Waals surface area contributed by atoms with Gasteiger partial charge in [-0.15, -0.1) is 0 Å². The molecule has 6 nitrogen and oxygen atoms in total. The molecule has 0 spiro atoms. The summed E-state index contributed by atoms with van der Waals surface area (Å²) in [4.78, 5) is 25.7. The number of carbonyl (C=O) groups is 2. The third-order valence-corrected chi connectivity index (χ3v) is 4.03. The Morgan fingerprint density at radius 3 is 2.59 bits per heavy atom. The minimum atomic E-state index is -0.622. The molecule has 1 unspecified atom stereocenters. The number of piperidine rings is 1.